The van der Waals surface area contributed by atoms with Gasteiger partial charge in [-0.15, -0.1) is 0 Å². The second kappa shape index (κ2) is 6.11. The van der Waals surface area contributed by atoms with E-state index in [1.807, 2.05) is 30.3 Å². The van der Waals surface area contributed by atoms with E-state index in [0.717, 1.165) is 5.56 Å². The summed E-state index contributed by atoms with van der Waals surface area (Å²) in [7, 11) is -2.03. The van der Waals surface area contributed by atoms with Crippen LogP contribution in [0.2, 0.25) is 0 Å². The van der Waals surface area contributed by atoms with Crippen LogP contribution in [-0.2, 0) is 16.8 Å². The second-order valence-corrected chi connectivity index (χ2v) is 5.81. The van der Waals surface area contributed by atoms with Gasteiger partial charge in [0.05, 0.1) is 6.10 Å². The first-order chi connectivity index (χ1) is 7.92. The third-order valence-electron chi connectivity index (χ3n) is 2.22. The van der Waals surface area contributed by atoms with E-state index in [2.05, 4.69) is 4.72 Å². The SMILES string of the molecule is CC(O)CNS(=O)(=O)N(C)Cc1ccccc1. The number of nitrogens with one attached hydrogen (secondary N) is 1. The fourth-order valence-corrected chi connectivity index (χ4v) is 2.25. The third kappa shape index (κ3) is 4.82. The highest BCUT2D eigenvalue weighted by Gasteiger charge is 2.17. The number of aliphatic hydroxyl groups is 1. The Morgan fingerprint density at radius 2 is 1.94 bits per heavy atom. The molecular weight excluding hydrogens is 240 g/mol. The maximum atomic E-state index is 11.7. The van der Waals surface area contributed by atoms with Crippen molar-refractivity contribution in [3.8, 4) is 0 Å². The van der Waals surface area contributed by atoms with Gasteiger partial charge in [0.25, 0.3) is 10.2 Å². The van der Waals surface area contributed by atoms with Crippen LogP contribution in [0.4, 0.5) is 0 Å². The van der Waals surface area contributed by atoms with Gasteiger partial charge in [-0.3, -0.25) is 0 Å². The maximum Gasteiger partial charge on any atom is 0.279 e. The number of rotatable bonds is 6. The molecule has 5 nitrogen and oxygen atoms in total. The Labute approximate surface area is 102 Å². The summed E-state index contributed by atoms with van der Waals surface area (Å²) in [5.41, 5.74) is 0.914. The van der Waals surface area contributed by atoms with Gasteiger partial charge in [-0.2, -0.15) is 17.4 Å². The summed E-state index contributed by atoms with van der Waals surface area (Å²) in [6, 6.07) is 9.32. The molecule has 0 aliphatic carbocycles. The molecule has 96 valence electrons. The monoisotopic (exact) mass is 258 g/mol. The summed E-state index contributed by atoms with van der Waals surface area (Å²) in [4.78, 5) is 0. The molecule has 1 aromatic carbocycles. The molecule has 0 fully saturated rings. The number of aliphatic hydroxyl groups excluding tert-OH is 1. The van der Waals surface area contributed by atoms with Gasteiger partial charge < -0.3 is 5.11 Å². The molecule has 17 heavy (non-hydrogen) atoms. The van der Waals surface area contributed by atoms with Gasteiger partial charge in [-0.05, 0) is 12.5 Å². The Morgan fingerprint density at radius 1 is 1.35 bits per heavy atom. The van der Waals surface area contributed by atoms with E-state index in [4.69, 9.17) is 5.11 Å². The lowest BCUT2D eigenvalue weighted by molar-refractivity contribution is 0.198. The Bertz CT molecular complexity index is 431. The molecule has 0 aromatic heterocycles. The largest absolute Gasteiger partial charge is 0.392 e. The van der Waals surface area contributed by atoms with Crippen molar-refractivity contribution < 1.29 is 13.5 Å². The summed E-state index contributed by atoms with van der Waals surface area (Å²) >= 11 is 0. The zero-order valence-corrected chi connectivity index (χ0v) is 10.8. The second-order valence-electron chi connectivity index (χ2n) is 3.94. The van der Waals surface area contributed by atoms with Crippen molar-refractivity contribution in [3.63, 3.8) is 0 Å². The van der Waals surface area contributed by atoms with Crippen LogP contribution >= 0.6 is 0 Å². The topological polar surface area (TPSA) is 69.6 Å². The Balaban J connectivity index is 2.60. The van der Waals surface area contributed by atoms with Gasteiger partial charge in [0.1, 0.15) is 0 Å². The van der Waals surface area contributed by atoms with E-state index >= 15 is 0 Å². The van der Waals surface area contributed by atoms with Gasteiger partial charge >= 0.3 is 0 Å². The minimum Gasteiger partial charge on any atom is -0.392 e. The fraction of sp³-hybridized carbons (Fsp3) is 0.455. The van der Waals surface area contributed by atoms with Crippen LogP contribution in [0.1, 0.15) is 12.5 Å². The lowest BCUT2D eigenvalue weighted by Gasteiger charge is -2.18. The van der Waals surface area contributed by atoms with E-state index in [-0.39, 0.29) is 6.54 Å². The molecule has 0 bridgehead atoms. The summed E-state index contributed by atoms with van der Waals surface area (Å²) in [6.45, 7) is 1.84. The molecule has 1 aromatic rings. The predicted molar refractivity (Wildman–Crippen MR) is 66.5 cm³/mol. The molecule has 1 unspecified atom stereocenters. The van der Waals surface area contributed by atoms with Crippen LogP contribution < -0.4 is 4.72 Å². The van der Waals surface area contributed by atoms with Crippen molar-refractivity contribution in [1.29, 1.82) is 0 Å². The van der Waals surface area contributed by atoms with Crippen molar-refractivity contribution in [1.82, 2.24) is 9.03 Å². The molecule has 0 spiro atoms. The van der Waals surface area contributed by atoms with Gasteiger partial charge in [0.2, 0.25) is 0 Å². The highest BCUT2D eigenvalue weighted by Crippen LogP contribution is 2.05. The first-order valence-corrected chi connectivity index (χ1v) is 6.79. The van der Waals surface area contributed by atoms with E-state index in [1.165, 1.54) is 18.3 Å². The number of hydrogen-bond acceptors (Lipinski definition) is 3. The molecule has 1 rings (SSSR count). The van der Waals surface area contributed by atoms with Crippen molar-refractivity contribution in [3.05, 3.63) is 35.9 Å². The molecule has 0 aliphatic rings. The molecule has 0 saturated carbocycles. The van der Waals surface area contributed by atoms with Crippen LogP contribution in [0.5, 0.6) is 0 Å². The van der Waals surface area contributed by atoms with Crippen molar-refractivity contribution in [2.24, 2.45) is 0 Å². The zero-order valence-electron chi connectivity index (χ0n) is 10.00. The summed E-state index contributed by atoms with van der Waals surface area (Å²) < 4.78 is 27.0. The smallest absolute Gasteiger partial charge is 0.279 e. The highest BCUT2D eigenvalue weighted by atomic mass is 32.2. The molecule has 6 heteroatoms. The molecule has 0 amide bonds. The molecule has 1 atom stereocenters. The first kappa shape index (κ1) is 14.1. The lowest BCUT2D eigenvalue weighted by Crippen LogP contribution is -2.40. The zero-order chi connectivity index (χ0) is 12.9. The van der Waals surface area contributed by atoms with Crippen molar-refractivity contribution >= 4 is 10.2 Å². The average molecular weight is 258 g/mol. The number of benzene rings is 1. The first-order valence-electron chi connectivity index (χ1n) is 5.35. The van der Waals surface area contributed by atoms with Gasteiger partial charge in [-0.1, -0.05) is 30.3 Å². The lowest BCUT2D eigenvalue weighted by atomic mass is 10.2. The van der Waals surface area contributed by atoms with Gasteiger partial charge in [-0.25, -0.2) is 0 Å². The Hall–Kier alpha value is -0.950. The highest BCUT2D eigenvalue weighted by molar-refractivity contribution is 7.87. The third-order valence-corrected chi connectivity index (χ3v) is 3.70. The van der Waals surface area contributed by atoms with E-state index in [1.54, 1.807) is 0 Å². The molecular formula is C11H18N2O3S. The Kier molecular flexibility index (Phi) is 5.07. The molecule has 0 radical (unpaired) electrons. The van der Waals surface area contributed by atoms with E-state index < -0.39 is 16.3 Å². The van der Waals surface area contributed by atoms with Crippen LogP contribution in [0, 0.1) is 0 Å². The maximum absolute atomic E-state index is 11.7. The molecule has 0 saturated heterocycles. The normalized spacial score (nSPS) is 13.9. The molecule has 0 aliphatic heterocycles. The molecule has 2 N–H and O–H groups in total. The average Bonchev–Trinajstić information content (AvgIpc) is 2.28. The molecule has 0 heterocycles. The van der Waals surface area contributed by atoms with E-state index in [9.17, 15) is 8.42 Å². The predicted octanol–water partition coefficient (Wildman–Crippen LogP) is 0.334. The standard InChI is InChI=1S/C11H18N2O3S/c1-10(14)8-12-17(15,16)13(2)9-11-6-4-3-5-7-11/h3-7,10,12,14H,8-9H2,1-2H3. The summed E-state index contributed by atoms with van der Waals surface area (Å²) in [6.07, 6.45) is -0.699. The Morgan fingerprint density at radius 3 is 2.47 bits per heavy atom. The van der Waals surface area contributed by atoms with Gasteiger partial charge in [0, 0.05) is 20.1 Å². The van der Waals surface area contributed by atoms with Crippen molar-refractivity contribution in [2.45, 2.75) is 19.6 Å². The minimum absolute atomic E-state index is 0.0153. The summed E-state index contributed by atoms with van der Waals surface area (Å²) in [5, 5.41) is 9.04. The summed E-state index contributed by atoms with van der Waals surface area (Å²) in [5.74, 6) is 0. The number of nitrogens with zero attached hydrogens (tertiary/aromatic N) is 1. The van der Waals surface area contributed by atoms with Crippen molar-refractivity contribution in [2.75, 3.05) is 13.6 Å². The number of hydrogen-bond donors (Lipinski definition) is 2. The van der Waals surface area contributed by atoms with Gasteiger partial charge in [0.15, 0.2) is 0 Å². The van der Waals surface area contributed by atoms with Crippen LogP contribution in [-0.4, -0.2) is 37.5 Å². The minimum atomic E-state index is -3.53. The van der Waals surface area contributed by atoms with Crippen LogP contribution in [0.25, 0.3) is 0 Å². The van der Waals surface area contributed by atoms with Crippen LogP contribution in [0.3, 0.4) is 0 Å². The van der Waals surface area contributed by atoms with E-state index in [0.29, 0.717) is 6.54 Å². The quantitative estimate of drug-likeness (QED) is 0.772. The van der Waals surface area contributed by atoms with Crippen LogP contribution in [0.15, 0.2) is 30.3 Å². The fourth-order valence-electron chi connectivity index (χ4n) is 1.26.